The average Bonchev–Trinajstić information content (AvgIpc) is 3.17. The van der Waals surface area contributed by atoms with E-state index in [2.05, 4.69) is 104 Å². The third-order valence-electron chi connectivity index (χ3n) is 9.08. The number of rotatable bonds is 9. The molecule has 0 heterocycles. The molecule has 6 rings (SSSR count). The highest BCUT2D eigenvalue weighted by Crippen LogP contribution is 2.38. The Labute approximate surface area is 284 Å². The maximum atomic E-state index is 9.43. The van der Waals surface area contributed by atoms with Crippen molar-refractivity contribution in [3.63, 3.8) is 0 Å². The van der Waals surface area contributed by atoms with E-state index in [9.17, 15) is 10.5 Å². The number of nitrogens with one attached hydrogen (secondary N) is 1. The van der Waals surface area contributed by atoms with Gasteiger partial charge in [-0.2, -0.15) is 10.5 Å². The van der Waals surface area contributed by atoms with Crippen LogP contribution in [0.25, 0.3) is 16.7 Å². The molecule has 3 unspecified atom stereocenters. The molecule has 0 spiro atoms. The molecule has 0 amide bonds. The van der Waals surface area contributed by atoms with Gasteiger partial charge in [0.05, 0.1) is 29.3 Å². The summed E-state index contributed by atoms with van der Waals surface area (Å²) in [5, 5.41) is 22.3. The molecule has 0 aromatic heterocycles. The van der Waals surface area contributed by atoms with Gasteiger partial charge in [0.2, 0.25) is 0 Å². The van der Waals surface area contributed by atoms with Crippen molar-refractivity contribution in [2.45, 2.75) is 38.6 Å². The van der Waals surface area contributed by atoms with Crippen LogP contribution in [0.2, 0.25) is 0 Å². The van der Waals surface area contributed by atoms with Crippen LogP contribution in [0, 0.1) is 28.6 Å². The molecule has 0 bridgehead atoms. The summed E-state index contributed by atoms with van der Waals surface area (Å²) in [6.45, 7) is 4.51. The Hall–Kier alpha value is -5.97. The summed E-state index contributed by atoms with van der Waals surface area (Å²) in [4.78, 5) is 5.51. The van der Waals surface area contributed by atoms with E-state index in [1.165, 1.54) is 16.7 Å². The molecule has 0 saturated carbocycles. The number of para-hydroxylation sites is 1. The van der Waals surface area contributed by atoms with Crippen LogP contribution in [0.5, 0.6) is 0 Å². The first kappa shape index (κ1) is 32.0. The molecule has 1 N–H and O–H groups in total. The summed E-state index contributed by atoms with van der Waals surface area (Å²) < 4.78 is 0. The standard InChI is InChI=1S/C44H38N4/c1-3-31(2)43(48-44(38-10-6-4-7-11-38)47-42-12-8-5-9-13-42)41-27-39(36-20-16-33(30-46)17-21-36)26-40(28-41)37-24-22-35(23-25-37)34-18-14-32(29-45)15-19-34/h4-24,26-28,31,37,43H,3,25H2,1-2H3,(H,47,48). The first-order chi connectivity index (χ1) is 23.5. The SMILES string of the molecule is CCC(C)C(N=C(Nc1ccccc1)c1ccccc1)c1cc(-c2ccc(C#N)cc2)cc(C2C=CC(c3ccc(C#N)cc3)=CC2)c1. The maximum Gasteiger partial charge on any atom is 0.133 e. The van der Waals surface area contributed by atoms with Crippen LogP contribution in [0.4, 0.5) is 5.69 Å². The lowest BCUT2D eigenvalue weighted by Crippen LogP contribution is -2.18. The minimum Gasteiger partial charge on any atom is -0.340 e. The van der Waals surface area contributed by atoms with Gasteiger partial charge in [-0.05, 0) is 88.2 Å². The molecule has 1 aliphatic carbocycles. The first-order valence-corrected chi connectivity index (χ1v) is 16.5. The third-order valence-corrected chi connectivity index (χ3v) is 9.08. The van der Waals surface area contributed by atoms with Crippen molar-refractivity contribution in [2.24, 2.45) is 10.9 Å². The van der Waals surface area contributed by atoms with Crippen LogP contribution in [-0.4, -0.2) is 5.84 Å². The van der Waals surface area contributed by atoms with Gasteiger partial charge in [-0.1, -0.05) is 123 Å². The topological polar surface area (TPSA) is 72.0 Å². The summed E-state index contributed by atoms with van der Waals surface area (Å²) in [7, 11) is 0. The van der Waals surface area contributed by atoms with Gasteiger partial charge in [-0.15, -0.1) is 0 Å². The van der Waals surface area contributed by atoms with Crippen molar-refractivity contribution in [2.75, 3.05) is 5.32 Å². The molecule has 0 aliphatic heterocycles. The molecule has 3 atom stereocenters. The lowest BCUT2D eigenvalue weighted by molar-refractivity contribution is 0.459. The van der Waals surface area contributed by atoms with Crippen molar-refractivity contribution in [3.8, 4) is 23.3 Å². The fourth-order valence-corrected chi connectivity index (χ4v) is 6.11. The molecule has 0 saturated heterocycles. The molecular weight excluding hydrogens is 585 g/mol. The molecule has 48 heavy (non-hydrogen) atoms. The Kier molecular flexibility index (Phi) is 10.0. The van der Waals surface area contributed by atoms with Crippen LogP contribution < -0.4 is 5.32 Å². The van der Waals surface area contributed by atoms with E-state index in [4.69, 9.17) is 4.99 Å². The summed E-state index contributed by atoms with van der Waals surface area (Å²) in [6.07, 6.45) is 8.62. The Balaban J connectivity index is 1.43. The number of benzene rings is 5. The number of nitrogens with zero attached hydrogens (tertiary/aromatic N) is 3. The normalized spacial score (nSPS) is 15.5. The smallest absolute Gasteiger partial charge is 0.133 e. The van der Waals surface area contributed by atoms with Gasteiger partial charge in [0.15, 0.2) is 0 Å². The average molecular weight is 623 g/mol. The molecule has 234 valence electrons. The fraction of sp³-hybridized carbons (Fsp3) is 0.159. The maximum absolute atomic E-state index is 9.43. The molecule has 5 aromatic carbocycles. The van der Waals surface area contributed by atoms with Crippen molar-refractivity contribution in [1.29, 1.82) is 10.5 Å². The highest BCUT2D eigenvalue weighted by molar-refractivity contribution is 6.08. The van der Waals surface area contributed by atoms with E-state index in [0.717, 1.165) is 46.6 Å². The molecular formula is C44H38N4. The van der Waals surface area contributed by atoms with E-state index in [1.54, 1.807) is 0 Å². The van der Waals surface area contributed by atoms with E-state index < -0.39 is 0 Å². The van der Waals surface area contributed by atoms with Gasteiger partial charge in [0.1, 0.15) is 5.84 Å². The predicted octanol–water partition coefficient (Wildman–Crippen LogP) is 10.9. The monoisotopic (exact) mass is 622 g/mol. The quantitative estimate of drug-likeness (QED) is 0.131. The van der Waals surface area contributed by atoms with Gasteiger partial charge in [0, 0.05) is 17.2 Å². The number of anilines is 1. The van der Waals surface area contributed by atoms with Gasteiger partial charge >= 0.3 is 0 Å². The van der Waals surface area contributed by atoms with Crippen LogP contribution in [0.3, 0.4) is 0 Å². The number of nitriles is 2. The zero-order valence-electron chi connectivity index (χ0n) is 27.3. The minimum absolute atomic E-state index is 0.101. The van der Waals surface area contributed by atoms with Crippen LogP contribution in [-0.2, 0) is 0 Å². The largest absolute Gasteiger partial charge is 0.340 e. The lowest BCUT2D eigenvalue weighted by atomic mass is 9.83. The van der Waals surface area contributed by atoms with Crippen LogP contribution >= 0.6 is 0 Å². The second-order valence-corrected chi connectivity index (χ2v) is 12.3. The summed E-state index contributed by atoms with van der Waals surface area (Å²) in [5.74, 6) is 1.31. The lowest BCUT2D eigenvalue weighted by Gasteiger charge is -2.25. The molecule has 4 nitrogen and oxygen atoms in total. The Morgan fingerprint density at radius 2 is 1.40 bits per heavy atom. The van der Waals surface area contributed by atoms with E-state index >= 15 is 0 Å². The molecule has 1 aliphatic rings. The van der Waals surface area contributed by atoms with E-state index in [-0.39, 0.29) is 17.9 Å². The van der Waals surface area contributed by atoms with Crippen molar-refractivity contribution in [1.82, 2.24) is 0 Å². The highest BCUT2D eigenvalue weighted by Gasteiger charge is 2.23. The van der Waals surface area contributed by atoms with E-state index in [1.807, 2.05) is 72.8 Å². The first-order valence-electron chi connectivity index (χ1n) is 16.5. The van der Waals surface area contributed by atoms with Crippen molar-refractivity contribution in [3.05, 3.63) is 179 Å². The molecule has 0 radical (unpaired) electrons. The zero-order valence-corrected chi connectivity index (χ0v) is 27.3. The van der Waals surface area contributed by atoms with Gasteiger partial charge < -0.3 is 5.32 Å². The predicted molar refractivity (Wildman–Crippen MR) is 197 cm³/mol. The molecule has 5 aromatic rings. The number of amidine groups is 1. The second-order valence-electron chi connectivity index (χ2n) is 12.3. The van der Waals surface area contributed by atoms with E-state index in [0.29, 0.717) is 11.1 Å². The minimum atomic E-state index is -0.101. The summed E-state index contributed by atoms with van der Waals surface area (Å²) in [6, 6.07) is 47.4. The Bertz CT molecular complexity index is 2020. The fourth-order valence-electron chi connectivity index (χ4n) is 6.11. The van der Waals surface area contributed by atoms with Gasteiger partial charge in [0.25, 0.3) is 0 Å². The van der Waals surface area contributed by atoms with Gasteiger partial charge in [-0.25, -0.2) is 0 Å². The van der Waals surface area contributed by atoms with Crippen molar-refractivity contribution >= 4 is 17.1 Å². The molecule has 4 heteroatoms. The molecule has 0 fully saturated rings. The van der Waals surface area contributed by atoms with Gasteiger partial charge in [-0.3, -0.25) is 4.99 Å². The number of hydrogen-bond acceptors (Lipinski definition) is 3. The number of aliphatic imine (C=N–C) groups is 1. The Morgan fingerprint density at radius 1 is 0.771 bits per heavy atom. The number of hydrogen-bond donors (Lipinski definition) is 1. The third kappa shape index (κ3) is 7.52. The Morgan fingerprint density at radius 3 is 1.98 bits per heavy atom. The summed E-state index contributed by atoms with van der Waals surface area (Å²) in [5.41, 5.74) is 10.2. The summed E-state index contributed by atoms with van der Waals surface area (Å²) >= 11 is 0. The highest BCUT2D eigenvalue weighted by atomic mass is 15.0. The van der Waals surface area contributed by atoms with Crippen molar-refractivity contribution < 1.29 is 0 Å². The van der Waals surface area contributed by atoms with Crippen LogP contribution in [0.1, 0.15) is 72.0 Å². The van der Waals surface area contributed by atoms with Crippen LogP contribution in [0.15, 0.2) is 151 Å². The number of allylic oxidation sites excluding steroid dienone is 4. The second kappa shape index (κ2) is 15.1. The zero-order chi connectivity index (χ0) is 33.3.